The van der Waals surface area contributed by atoms with Crippen molar-refractivity contribution >= 4 is 34.8 Å². The Morgan fingerprint density at radius 2 is 2.11 bits per heavy atom. The molecule has 2 N–H and O–H groups in total. The molecule has 5 rings (SSSR count). The maximum absolute atomic E-state index is 14.3. The summed E-state index contributed by atoms with van der Waals surface area (Å²) in [4.78, 5) is 22.2. The van der Waals surface area contributed by atoms with E-state index in [1.54, 1.807) is 0 Å². The molecule has 1 saturated heterocycles. The first-order valence-electron chi connectivity index (χ1n) is 11.0. The van der Waals surface area contributed by atoms with Crippen LogP contribution in [-0.4, -0.2) is 64.1 Å². The summed E-state index contributed by atoms with van der Waals surface area (Å²) in [6.45, 7) is -1.84. The number of carbonyl (C=O) groups excluding carboxylic acids is 1. The Hall–Kier alpha value is -3.46. The van der Waals surface area contributed by atoms with Gasteiger partial charge in [-0.3, -0.25) is 10.2 Å². The first-order valence-corrected chi connectivity index (χ1v) is 11.4. The van der Waals surface area contributed by atoms with Crippen molar-refractivity contribution in [2.24, 2.45) is 0 Å². The van der Waals surface area contributed by atoms with Gasteiger partial charge in [-0.25, -0.2) is 14.3 Å². The van der Waals surface area contributed by atoms with Crippen LogP contribution >= 0.6 is 11.6 Å². The van der Waals surface area contributed by atoms with Crippen LogP contribution in [0, 0.1) is 0 Å². The first-order chi connectivity index (χ1) is 17.4. The predicted molar refractivity (Wildman–Crippen MR) is 121 cm³/mol. The lowest BCUT2D eigenvalue weighted by Gasteiger charge is -2.28. The molecular weight excluding hydrogens is 529 g/mol. The van der Waals surface area contributed by atoms with E-state index < -0.39 is 30.8 Å². The van der Waals surface area contributed by atoms with Crippen molar-refractivity contribution in [3.8, 4) is 11.6 Å². The fourth-order valence-corrected chi connectivity index (χ4v) is 4.52. The monoisotopic (exact) mass is 547 g/mol. The molecule has 0 unspecified atom stereocenters. The number of pyridine rings is 1. The molecule has 0 aliphatic carbocycles. The average Bonchev–Trinajstić information content (AvgIpc) is 3.50. The summed E-state index contributed by atoms with van der Waals surface area (Å²) < 4.78 is 79.6. The summed E-state index contributed by atoms with van der Waals surface area (Å²) >= 11 is 5.89. The maximum Gasteiger partial charge on any atom is 0.401 e. The average molecular weight is 548 g/mol. The minimum absolute atomic E-state index is 0.0710. The van der Waals surface area contributed by atoms with Crippen LogP contribution in [0.5, 0.6) is 11.6 Å². The van der Waals surface area contributed by atoms with Crippen LogP contribution in [-0.2, 0) is 5.41 Å². The van der Waals surface area contributed by atoms with E-state index in [2.05, 4.69) is 30.4 Å². The molecule has 37 heavy (non-hydrogen) atoms. The van der Waals surface area contributed by atoms with Gasteiger partial charge in [-0.1, -0.05) is 11.6 Å². The zero-order chi connectivity index (χ0) is 26.5. The SMILES string of the molecule is C[C@@]1(C(F)(F)F)CN(C(=O)Nc2cc(OC(F)F)cc(O[C@H]3CCNC3)n2)c2cnc3cc(Cl)nn3c21. The quantitative estimate of drug-likeness (QED) is 0.465. The Balaban J connectivity index is 1.49. The number of hydrogen-bond acceptors (Lipinski definition) is 7. The summed E-state index contributed by atoms with van der Waals surface area (Å²) in [5.74, 6) is -0.709. The molecule has 1 fully saturated rings. The maximum atomic E-state index is 14.3. The second kappa shape index (κ2) is 9.13. The molecule has 198 valence electrons. The van der Waals surface area contributed by atoms with E-state index >= 15 is 0 Å². The summed E-state index contributed by atoms with van der Waals surface area (Å²) in [5.41, 5.74) is -2.93. The van der Waals surface area contributed by atoms with Gasteiger partial charge in [0.15, 0.2) is 10.8 Å². The number of rotatable bonds is 5. The number of ether oxygens (including phenoxy) is 2. The minimum Gasteiger partial charge on any atom is -0.473 e. The summed E-state index contributed by atoms with van der Waals surface area (Å²) in [7, 11) is 0. The molecule has 0 aromatic carbocycles. The molecule has 2 aliphatic rings. The Morgan fingerprint density at radius 1 is 1.32 bits per heavy atom. The largest absolute Gasteiger partial charge is 0.473 e. The molecule has 2 amide bonds. The third kappa shape index (κ3) is 4.68. The van der Waals surface area contributed by atoms with E-state index in [9.17, 15) is 26.7 Å². The van der Waals surface area contributed by atoms with Gasteiger partial charge in [0.25, 0.3) is 0 Å². The highest BCUT2D eigenvalue weighted by atomic mass is 35.5. The standard InChI is InChI=1S/C21H19ClF5N7O3/c1-20(21(25,26)27)9-33(12-8-29-15-6-13(22)32-34(15)17(12)20)19(35)31-14-4-11(37-18(23)24)5-16(30-14)36-10-2-3-28-7-10/h4-6,8,10,18,28H,2-3,7,9H2,1H3,(H,30,31,35)/t10-,20+/m0/s1. The lowest BCUT2D eigenvalue weighted by Crippen LogP contribution is -2.46. The number of anilines is 2. The van der Waals surface area contributed by atoms with Crippen LogP contribution in [0.1, 0.15) is 19.0 Å². The van der Waals surface area contributed by atoms with Crippen molar-refractivity contribution in [1.29, 1.82) is 0 Å². The summed E-state index contributed by atoms with van der Waals surface area (Å²) in [5, 5.41) is 9.26. The fourth-order valence-electron chi connectivity index (χ4n) is 4.35. The van der Waals surface area contributed by atoms with E-state index in [0.717, 1.165) is 34.7 Å². The smallest absolute Gasteiger partial charge is 0.401 e. The van der Waals surface area contributed by atoms with Crippen molar-refractivity contribution < 1.29 is 36.2 Å². The number of carbonyl (C=O) groups is 1. The number of fused-ring (bicyclic) bond motifs is 3. The fraction of sp³-hybridized carbons (Fsp3) is 0.429. The van der Waals surface area contributed by atoms with E-state index in [4.69, 9.17) is 16.3 Å². The van der Waals surface area contributed by atoms with Crippen LogP contribution < -0.4 is 25.0 Å². The van der Waals surface area contributed by atoms with Crippen molar-refractivity contribution in [3.63, 3.8) is 0 Å². The lowest BCUT2D eigenvalue weighted by molar-refractivity contribution is -0.181. The van der Waals surface area contributed by atoms with Gasteiger partial charge in [0.2, 0.25) is 5.88 Å². The van der Waals surface area contributed by atoms with Crippen LogP contribution in [0.15, 0.2) is 24.4 Å². The van der Waals surface area contributed by atoms with Crippen molar-refractivity contribution in [2.75, 3.05) is 29.9 Å². The molecular formula is C21H19ClF5N7O3. The Kier molecular flexibility index (Phi) is 6.22. The third-order valence-corrected chi connectivity index (χ3v) is 6.32. The number of halogens is 6. The van der Waals surface area contributed by atoms with Gasteiger partial charge in [0, 0.05) is 31.3 Å². The van der Waals surface area contributed by atoms with Crippen LogP contribution in [0.2, 0.25) is 5.15 Å². The highest BCUT2D eigenvalue weighted by Crippen LogP contribution is 2.50. The van der Waals surface area contributed by atoms with Crippen LogP contribution in [0.25, 0.3) is 5.65 Å². The Bertz CT molecular complexity index is 1350. The van der Waals surface area contributed by atoms with Gasteiger partial charge in [-0.15, -0.1) is 0 Å². The molecule has 0 bridgehead atoms. The zero-order valence-electron chi connectivity index (χ0n) is 19.0. The topological polar surface area (TPSA) is 106 Å². The number of nitrogens with zero attached hydrogens (tertiary/aromatic N) is 5. The normalized spacial score (nSPS) is 21.5. The van der Waals surface area contributed by atoms with E-state index in [1.165, 1.54) is 6.07 Å². The molecule has 16 heteroatoms. The number of urea groups is 1. The molecule has 0 saturated carbocycles. The minimum atomic E-state index is -4.77. The van der Waals surface area contributed by atoms with Crippen LogP contribution in [0.3, 0.4) is 0 Å². The van der Waals surface area contributed by atoms with Gasteiger partial charge < -0.3 is 14.8 Å². The van der Waals surface area contributed by atoms with Gasteiger partial charge in [-0.05, 0) is 19.9 Å². The van der Waals surface area contributed by atoms with E-state index in [-0.39, 0.29) is 45.7 Å². The van der Waals surface area contributed by atoms with Gasteiger partial charge in [-0.2, -0.15) is 32.0 Å². The number of hydrogen-bond donors (Lipinski definition) is 2. The lowest BCUT2D eigenvalue weighted by atomic mass is 9.88. The van der Waals surface area contributed by atoms with Crippen molar-refractivity contribution in [2.45, 2.75) is 37.7 Å². The number of aromatic nitrogens is 4. The highest BCUT2D eigenvalue weighted by molar-refractivity contribution is 6.29. The van der Waals surface area contributed by atoms with E-state index in [0.29, 0.717) is 19.5 Å². The number of amides is 2. The van der Waals surface area contributed by atoms with Gasteiger partial charge in [0.05, 0.1) is 17.6 Å². The van der Waals surface area contributed by atoms with E-state index in [1.807, 2.05) is 0 Å². The molecule has 2 atom stereocenters. The zero-order valence-corrected chi connectivity index (χ0v) is 19.8. The van der Waals surface area contributed by atoms with Crippen molar-refractivity contribution in [3.05, 3.63) is 35.2 Å². The predicted octanol–water partition coefficient (Wildman–Crippen LogP) is 3.99. The highest BCUT2D eigenvalue weighted by Gasteiger charge is 2.60. The van der Waals surface area contributed by atoms with Crippen molar-refractivity contribution in [1.82, 2.24) is 24.9 Å². The second-order valence-electron chi connectivity index (χ2n) is 8.71. The Morgan fingerprint density at radius 3 is 2.78 bits per heavy atom. The molecule has 0 radical (unpaired) electrons. The molecule has 0 spiro atoms. The number of nitrogens with one attached hydrogen (secondary N) is 2. The Labute approximate surface area is 210 Å². The first kappa shape index (κ1) is 25.2. The third-order valence-electron chi connectivity index (χ3n) is 6.13. The molecule has 3 aromatic heterocycles. The molecule has 5 heterocycles. The van der Waals surface area contributed by atoms with Crippen LogP contribution in [0.4, 0.5) is 38.3 Å². The molecule has 10 nitrogen and oxygen atoms in total. The van der Waals surface area contributed by atoms with Gasteiger partial charge in [0.1, 0.15) is 23.1 Å². The summed E-state index contributed by atoms with van der Waals surface area (Å²) in [6, 6.07) is 2.43. The molecule has 2 aliphatic heterocycles. The number of alkyl halides is 5. The second-order valence-corrected chi connectivity index (χ2v) is 9.10. The van der Waals surface area contributed by atoms with Gasteiger partial charge >= 0.3 is 18.8 Å². The molecule has 3 aromatic rings. The summed E-state index contributed by atoms with van der Waals surface area (Å²) in [6.07, 6.45) is -3.30.